The Morgan fingerprint density at radius 1 is 0.892 bits per heavy atom. The zero-order chi connectivity index (χ0) is 25.1. The van der Waals surface area contributed by atoms with E-state index in [4.69, 9.17) is 14.2 Å². The average Bonchev–Trinajstić information content (AvgIpc) is 3.60. The highest BCUT2D eigenvalue weighted by Gasteiger charge is 2.52. The number of fused-ring (bicyclic) bond motifs is 8. The molecule has 196 valence electrons. The van der Waals surface area contributed by atoms with E-state index in [9.17, 15) is 9.59 Å². The smallest absolute Gasteiger partial charge is 0.263 e. The Hall–Kier alpha value is -2.72. The lowest BCUT2D eigenvalue weighted by Crippen LogP contribution is -2.47. The van der Waals surface area contributed by atoms with E-state index in [0.29, 0.717) is 31.0 Å². The van der Waals surface area contributed by atoms with Gasteiger partial charge < -0.3 is 19.1 Å². The Bertz CT molecular complexity index is 1200. The van der Waals surface area contributed by atoms with Crippen molar-refractivity contribution in [2.75, 3.05) is 78.0 Å². The van der Waals surface area contributed by atoms with Crippen LogP contribution in [0.4, 0.5) is 5.69 Å². The van der Waals surface area contributed by atoms with E-state index in [2.05, 4.69) is 26.9 Å². The van der Waals surface area contributed by atoms with Gasteiger partial charge in [-0.25, -0.2) is 0 Å². The Morgan fingerprint density at radius 3 is 2.24 bits per heavy atom. The van der Waals surface area contributed by atoms with Crippen molar-refractivity contribution >= 4 is 17.5 Å². The average molecular weight is 507 g/mol. The minimum Gasteiger partial charge on any atom is -0.500 e. The predicted octanol–water partition coefficient (Wildman–Crippen LogP) is 1.72. The van der Waals surface area contributed by atoms with Crippen LogP contribution >= 0.6 is 0 Å². The van der Waals surface area contributed by atoms with Crippen LogP contribution in [0.1, 0.15) is 49.7 Å². The summed E-state index contributed by atoms with van der Waals surface area (Å²) in [6, 6.07) is 0.0465. The number of imide groups is 1. The lowest BCUT2D eigenvalue weighted by Gasteiger charge is -2.37. The summed E-state index contributed by atoms with van der Waals surface area (Å²) in [5.74, 6) is 0.454. The molecule has 37 heavy (non-hydrogen) atoms. The molecule has 0 radical (unpaired) electrons. The Kier molecular flexibility index (Phi) is 5.84. The van der Waals surface area contributed by atoms with E-state index in [1.807, 2.05) is 6.08 Å². The van der Waals surface area contributed by atoms with E-state index in [-0.39, 0.29) is 23.8 Å². The number of hydrogen-bond acceptors (Lipinski definition) is 8. The normalized spacial score (nSPS) is 27.3. The first-order valence-corrected chi connectivity index (χ1v) is 13.5. The van der Waals surface area contributed by atoms with Crippen LogP contribution < -0.4 is 4.90 Å². The molecule has 2 aliphatic carbocycles. The number of hydrogen-bond donors (Lipinski definition) is 0. The summed E-state index contributed by atoms with van der Waals surface area (Å²) >= 11 is 0. The number of allylic oxidation sites excluding steroid dienone is 2. The first-order chi connectivity index (χ1) is 18.2. The molecule has 9 nitrogen and oxygen atoms in total. The summed E-state index contributed by atoms with van der Waals surface area (Å²) < 4.78 is 17.0. The highest BCUT2D eigenvalue weighted by Crippen LogP contribution is 2.55. The Morgan fingerprint density at radius 2 is 1.54 bits per heavy atom. The van der Waals surface area contributed by atoms with Crippen LogP contribution in [-0.2, 0) is 27.1 Å². The molecular formula is C28H34N4O5. The monoisotopic (exact) mass is 506 g/mol. The van der Waals surface area contributed by atoms with E-state index in [1.54, 1.807) is 7.11 Å². The number of methoxy groups -OCH3 is 1. The van der Waals surface area contributed by atoms with Crippen LogP contribution in [0.2, 0.25) is 0 Å². The quantitative estimate of drug-likeness (QED) is 0.559. The SMILES string of the molecule is COC1=CC=CC2C1c1c3c(c4c(c1N2CN1CCOCC1)CCC4)C(=O)N(CN1CCOCC1)C3=O. The van der Waals surface area contributed by atoms with Gasteiger partial charge in [0, 0.05) is 37.4 Å². The first-order valence-electron chi connectivity index (χ1n) is 13.5. The van der Waals surface area contributed by atoms with Gasteiger partial charge in [-0.3, -0.25) is 24.3 Å². The summed E-state index contributed by atoms with van der Waals surface area (Å²) in [6.07, 6.45) is 9.09. The molecule has 1 aromatic carbocycles. The number of morpholine rings is 2. The molecule has 0 N–H and O–H groups in total. The molecule has 4 aliphatic heterocycles. The molecule has 0 bridgehead atoms. The Labute approximate surface area is 217 Å². The number of carbonyl (C=O) groups is 2. The summed E-state index contributed by atoms with van der Waals surface area (Å²) in [4.78, 5) is 36.6. The van der Waals surface area contributed by atoms with Gasteiger partial charge in [0.1, 0.15) is 5.76 Å². The minimum atomic E-state index is -0.158. The van der Waals surface area contributed by atoms with Gasteiger partial charge in [-0.2, -0.15) is 0 Å². The number of nitrogens with zero attached hydrogens (tertiary/aromatic N) is 4. The summed E-state index contributed by atoms with van der Waals surface area (Å²) in [5.41, 5.74) is 5.78. The number of carbonyl (C=O) groups excluding carboxylic acids is 2. The Balaban J connectivity index is 1.36. The van der Waals surface area contributed by atoms with Crippen molar-refractivity contribution in [1.82, 2.24) is 14.7 Å². The first kappa shape index (κ1) is 23.4. The molecule has 2 saturated heterocycles. The maximum Gasteiger partial charge on any atom is 0.263 e. The van der Waals surface area contributed by atoms with Crippen LogP contribution in [0.3, 0.4) is 0 Å². The predicted molar refractivity (Wildman–Crippen MR) is 137 cm³/mol. The van der Waals surface area contributed by atoms with Gasteiger partial charge in [0.25, 0.3) is 11.8 Å². The van der Waals surface area contributed by atoms with Crippen molar-refractivity contribution in [3.8, 4) is 0 Å². The fourth-order valence-electron chi connectivity index (χ4n) is 7.08. The number of anilines is 1. The molecular weight excluding hydrogens is 472 g/mol. The standard InChI is InChI=1S/C28H34N4O5/c1-35-21-7-3-6-20-23(21)24-25-22(27(33)32(28(25)34)17-30-10-14-37-15-11-30)18-4-2-5-19(18)26(24)31(20)16-29-8-12-36-13-9-29/h3,6-7,20,23H,2,4-5,8-17H2,1H3. The highest BCUT2D eigenvalue weighted by molar-refractivity contribution is 6.24. The summed E-state index contributed by atoms with van der Waals surface area (Å²) in [7, 11) is 1.71. The fraction of sp³-hybridized carbons (Fsp3) is 0.571. The van der Waals surface area contributed by atoms with Gasteiger partial charge >= 0.3 is 0 Å². The van der Waals surface area contributed by atoms with Crippen molar-refractivity contribution in [2.45, 2.75) is 31.2 Å². The molecule has 2 unspecified atom stereocenters. The second-order valence-electron chi connectivity index (χ2n) is 10.7. The molecule has 6 aliphatic rings. The van der Waals surface area contributed by atoms with Gasteiger partial charge in [-0.1, -0.05) is 12.2 Å². The topological polar surface area (TPSA) is 74.8 Å². The molecule has 1 aromatic rings. The molecule has 2 atom stereocenters. The van der Waals surface area contributed by atoms with Crippen LogP contribution in [0.25, 0.3) is 0 Å². The minimum absolute atomic E-state index is 0.0465. The fourth-order valence-corrected chi connectivity index (χ4v) is 7.08. The van der Waals surface area contributed by atoms with Gasteiger partial charge in [0.05, 0.1) is 70.0 Å². The van der Waals surface area contributed by atoms with E-state index in [1.165, 1.54) is 10.5 Å². The molecule has 2 fully saturated rings. The lowest BCUT2D eigenvalue weighted by atomic mass is 9.83. The van der Waals surface area contributed by atoms with E-state index < -0.39 is 0 Å². The highest BCUT2D eigenvalue weighted by atomic mass is 16.5. The van der Waals surface area contributed by atoms with E-state index >= 15 is 0 Å². The van der Waals surface area contributed by atoms with Gasteiger partial charge in [0.2, 0.25) is 0 Å². The summed E-state index contributed by atoms with van der Waals surface area (Å²) in [6.45, 7) is 7.04. The third kappa shape index (κ3) is 3.59. The van der Waals surface area contributed by atoms with Crippen LogP contribution in [0, 0.1) is 0 Å². The van der Waals surface area contributed by atoms with E-state index in [0.717, 1.165) is 87.9 Å². The van der Waals surface area contributed by atoms with Crippen LogP contribution in [0.15, 0.2) is 24.0 Å². The third-order valence-electron chi connectivity index (χ3n) is 8.81. The number of rotatable bonds is 5. The summed E-state index contributed by atoms with van der Waals surface area (Å²) in [5, 5.41) is 0. The van der Waals surface area contributed by atoms with Gasteiger partial charge in [-0.05, 0) is 36.5 Å². The maximum atomic E-state index is 14.1. The van der Waals surface area contributed by atoms with Crippen molar-refractivity contribution in [1.29, 1.82) is 0 Å². The second kappa shape index (κ2) is 9.23. The van der Waals surface area contributed by atoms with Crippen molar-refractivity contribution < 1.29 is 23.8 Å². The van der Waals surface area contributed by atoms with Crippen molar-refractivity contribution in [3.05, 3.63) is 51.8 Å². The molecule has 7 rings (SSSR count). The largest absolute Gasteiger partial charge is 0.500 e. The van der Waals surface area contributed by atoms with Crippen molar-refractivity contribution in [3.63, 3.8) is 0 Å². The van der Waals surface area contributed by atoms with Crippen LogP contribution in [-0.4, -0.2) is 106 Å². The van der Waals surface area contributed by atoms with Crippen molar-refractivity contribution in [2.24, 2.45) is 0 Å². The zero-order valence-electron chi connectivity index (χ0n) is 21.4. The van der Waals surface area contributed by atoms with Crippen LogP contribution in [0.5, 0.6) is 0 Å². The second-order valence-corrected chi connectivity index (χ2v) is 10.7. The number of benzene rings is 1. The number of amides is 2. The molecule has 0 spiro atoms. The molecule has 2 amide bonds. The maximum absolute atomic E-state index is 14.1. The third-order valence-corrected chi connectivity index (χ3v) is 8.81. The lowest BCUT2D eigenvalue weighted by molar-refractivity contribution is 0.0124. The van der Waals surface area contributed by atoms with Gasteiger partial charge in [0.15, 0.2) is 0 Å². The number of ether oxygens (including phenoxy) is 3. The zero-order valence-corrected chi connectivity index (χ0v) is 21.4. The molecule has 4 heterocycles. The molecule has 9 heteroatoms. The van der Waals surface area contributed by atoms with Gasteiger partial charge in [-0.15, -0.1) is 0 Å². The molecule has 0 saturated carbocycles. The molecule has 0 aromatic heterocycles.